The quantitative estimate of drug-likeness (QED) is 0.689. The van der Waals surface area contributed by atoms with E-state index in [0.717, 1.165) is 5.56 Å². The third kappa shape index (κ3) is 3.64. The van der Waals surface area contributed by atoms with Gasteiger partial charge in [-0.15, -0.1) is 6.42 Å². The van der Waals surface area contributed by atoms with E-state index in [1.165, 1.54) is 0 Å². The highest BCUT2D eigenvalue weighted by molar-refractivity contribution is 6.02. The summed E-state index contributed by atoms with van der Waals surface area (Å²) in [5.41, 5.74) is 1.65. The highest BCUT2D eigenvalue weighted by Crippen LogP contribution is 2.33. The summed E-state index contributed by atoms with van der Waals surface area (Å²) in [6.07, 6.45) is 4.55. The van der Waals surface area contributed by atoms with Crippen LogP contribution in [0.5, 0.6) is 5.75 Å². The van der Waals surface area contributed by atoms with Crippen LogP contribution in [0.2, 0.25) is 0 Å². The molecule has 2 aromatic carbocycles. The zero-order valence-corrected chi connectivity index (χ0v) is 13.7. The van der Waals surface area contributed by atoms with E-state index >= 15 is 0 Å². The number of carbonyl (C=O) groups is 2. The molecule has 0 unspecified atom stereocenters. The summed E-state index contributed by atoms with van der Waals surface area (Å²) in [6.45, 7) is 1.61. The van der Waals surface area contributed by atoms with Crippen LogP contribution < -0.4 is 10.1 Å². The van der Waals surface area contributed by atoms with Gasteiger partial charge in [0.25, 0.3) is 5.91 Å². The van der Waals surface area contributed by atoms with Gasteiger partial charge in [-0.1, -0.05) is 42.3 Å². The molecule has 0 radical (unpaired) electrons. The number of ether oxygens (including phenoxy) is 2. The molecular weight excluding hydrogens is 318 g/mol. The molecule has 1 aliphatic heterocycles. The number of hydrogen-bond acceptors (Lipinski definition) is 4. The van der Waals surface area contributed by atoms with Crippen LogP contribution in [0, 0.1) is 12.3 Å². The predicted molar refractivity (Wildman–Crippen MR) is 93.3 cm³/mol. The second-order valence-electron chi connectivity index (χ2n) is 5.68. The van der Waals surface area contributed by atoms with E-state index in [-0.39, 0.29) is 11.5 Å². The Labute approximate surface area is 146 Å². The standard InChI is InChI=1S/C20H17NO4/c1-3-15(12-14-8-5-4-6-9-14)25-20(23)16-10-7-11-17-18(16)24-13(2)19(22)21-17/h1,4-11,13,15H,12H2,2H3,(H,21,22)/t13-,15-/m0/s1. The number of hydrogen-bond donors (Lipinski definition) is 1. The minimum atomic E-state index is -0.693. The van der Waals surface area contributed by atoms with Crippen molar-refractivity contribution < 1.29 is 19.1 Å². The number of terminal acetylenes is 1. The fraction of sp³-hybridized carbons (Fsp3) is 0.200. The molecule has 0 fully saturated rings. The summed E-state index contributed by atoms with van der Waals surface area (Å²) in [7, 11) is 0. The molecule has 1 heterocycles. The molecule has 1 amide bonds. The normalized spacial score (nSPS) is 16.6. The van der Waals surface area contributed by atoms with Gasteiger partial charge in [0, 0.05) is 6.42 Å². The number of benzene rings is 2. The van der Waals surface area contributed by atoms with E-state index in [9.17, 15) is 9.59 Å². The van der Waals surface area contributed by atoms with Gasteiger partial charge in [-0.2, -0.15) is 0 Å². The van der Waals surface area contributed by atoms with E-state index < -0.39 is 18.2 Å². The molecule has 5 heteroatoms. The number of nitrogens with one attached hydrogen (secondary N) is 1. The van der Waals surface area contributed by atoms with Crippen LogP contribution in [0.4, 0.5) is 5.69 Å². The Kier molecular flexibility index (Phi) is 4.71. The molecule has 0 bridgehead atoms. The number of fused-ring (bicyclic) bond motifs is 1. The van der Waals surface area contributed by atoms with Crippen LogP contribution in [-0.2, 0) is 16.0 Å². The number of carbonyl (C=O) groups excluding carboxylic acids is 2. The predicted octanol–water partition coefficient (Wildman–Crippen LogP) is 2.81. The number of rotatable bonds is 4. The Bertz CT molecular complexity index is 839. The zero-order valence-electron chi connectivity index (χ0n) is 13.7. The lowest BCUT2D eigenvalue weighted by molar-refractivity contribution is -0.122. The number of esters is 1. The Hall–Kier alpha value is -3.26. The van der Waals surface area contributed by atoms with E-state index in [2.05, 4.69) is 11.2 Å². The summed E-state index contributed by atoms with van der Waals surface area (Å²) in [5, 5.41) is 2.70. The lowest BCUT2D eigenvalue weighted by Crippen LogP contribution is -2.35. The first kappa shape index (κ1) is 16.6. The van der Waals surface area contributed by atoms with E-state index in [1.807, 2.05) is 30.3 Å². The van der Waals surface area contributed by atoms with E-state index in [1.54, 1.807) is 25.1 Å². The molecule has 0 spiro atoms. The van der Waals surface area contributed by atoms with Gasteiger partial charge in [0.1, 0.15) is 5.56 Å². The highest BCUT2D eigenvalue weighted by atomic mass is 16.5. The summed E-state index contributed by atoms with van der Waals surface area (Å²) in [4.78, 5) is 24.2. The maximum Gasteiger partial charge on any atom is 0.343 e. The molecular formula is C20H17NO4. The average molecular weight is 335 g/mol. The van der Waals surface area contributed by atoms with Gasteiger partial charge in [0.05, 0.1) is 5.69 Å². The number of amides is 1. The fourth-order valence-corrected chi connectivity index (χ4v) is 2.54. The molecule has 0 saturated carbocycles. The topological polar surface area (TPSA) is 64.6 Å². The Morgan fingerprint density at radius 3 is 2.76 bits per heavy atom. The molecule has 25 heavy (non-hydrogen) atoms. The van der Waals surface area contributed by atoms with Gasteiger partial charge in [-0.3, -0.25) is 4.79 Å². The van der Waals surface area contributed by atoms with Crippen molar-refractivity contribution in [3.05, 3.63) is 59.7 Å². The summed E-state index contributed by atoms with van der Waals surface area (Å²) >= 11 is 0. The second-order valence-corrected chi connectivity index (χ2v) is 5.68. The van der Waals surface area contributed by atoms with Crippen LogP contribution in [-0.4, -0.2) is 24.1 Å². The van der Waals surface area contributed by atoms with Crippen molar-refractivity contribution in [2.75, 3.05) is 5.32 Å². The minimum Gasteiger partial charge on any atom is -0.478 e. The van der Waals surface area contributed by atoms with Crippen molar-refractivity contribution in [1.82, 2.24) is 0 Å². The molecule has 1 N–H and O–H groups in total. The second kappa shape index (κ2) is 7.10. The lowest BCUT2D eigenvalue weighted by atomic mass is 10.1. The molecule has 3 rings (SSSR count). The molecule has 126 valence electrons. The smallest absolute Gasteiger partial charge is 0.343 e. The zero-order chi connectivity index (χ0) is 17.8. The van der Waals surface area contributed by atoms with Crippen LogP contribution >= 0.6 is 0 Å². The number of para-hydroxylation sites is 1. The van der Waals surface area contributed by atoms with Gasteiger partial charge in [0.2, 0.25) is 0 Å². The molecule has 0 saturated heterocycles. The van der Waals surface area contributed by atoms with Crippen molar-refractivity contribution in [2.24, 2.45) is 0 Å². The van der Waals surface area contributed by atoms with Crippen LogP contribution in [0.25, 0.3) is 0 Å². The van der Waals surface area contributed by atoms with Crippen molar-refractivity contribution in [2.45, 2.75) is 25.6 Å². The first-order valence-electron chi connectivity index (χ1n) is 7.90. The molecule has 1 aliphatic rings. The van der Waals surface area contributed by atoms with Crippen molar-refractivity contribution in [3.8, 4) is 18.1 Å². The summed E-state index contributed by atoms with van der Waals surface area (Å²) in [5.74, 6) is 1.95. The van der Waals surface area contributed by atoms with Gasteiger partial charge in [0.15, 0.2) is 18.0 Å². The van der Waals surface area contributed by atoms with Crippen LogP contribution in [0.15, 0.2) is 48.5 Å². The first-order valence-corrected chi connectivity index (χ1v) is 7.90. The van der Waals surface area contributed by atoms with Gasteiger partial charge >= 0.3 is 5.97 Å². The molecule has 2 atom stereocenters. The van der Waals surface area contributed by atoms with Gasteiger partial charge in [-0.25, -0.2) is 4.79 Å². The minimum absolute atomic E-state index is 0.234. The molecule has 0 aromatic heterocycles. The Balaban J connectivity index is 1.78. The third-order valence-corrected chi connectivity index (χ3v) is 3.86. The largest absolute Gasteiger partial charge is 0.478 e. The highest BCUT2D eigenvalue weighted by Gasteiger charge is 2.28. The van der Waals surface area contributed by atoms with Crippen molar-refractivity contribution in [1.29, 1.82) is 0 Å². The third-order valence-electron chi connectivity index (χ3n) is 3.86. The Morgan fingerprint density at radius 2 is 2.04 bits per heavy atom. The summed E-state index contributed by atoms with van der Waals surface area (Å²) in [6, 6.07) is 14.4. The number of anilines is 1. The fourth-order valence-electron chi connectivity index (χ4n) is 2.54. The maximum atomic E-state index is 12.6. The summed E-state index contributed by atoms with van der Waals surface area (Å²) < 4.78 is 11.0. The van der Waals surface area contributed by atoms with E-state index in [0.29, 0.717) is 17.9 Å². The monoisotopic (exact) mass is 335 g/mol. The lowest BCUT2D eigenvalue weighted by Gasteiger charge is -2.25. The van der Waals surface area contributed by atoms with Crippen molar-refractivity contribution in [3.63, 3.8) is 0 Å². The molecule has 2 aromatic rings. The van der Waals surface area contributed by atoms with Gasteiger partial charge < -0.3 is 14.8 Å². The average Bonchev–Trinajstić information content (AvgIpc) is 2.62. The molecule has 0 aliphatic carbocycles. The Morgan fingerprint density at radius 1 is 1.28 bits per heavy atom. The van der Waals surface area contributed by atoms with E-state index in [4.69, 9.17) is 15.9 Å². The molecule has 5 nitrogen and oxygen atoms in total. The van der Waals surface area contributed by atoms with Crippen LogP contribution in [0.1, 0.15) is 22.8 Å². The van der Waals surface area contributed by atoms with Crippen LogP contribution in [0.3, 0.4) is 0 Å². The first-order chi connectivity index (χ1) is 12.1. The van der Waals surface area contributed by atoms with Crippen molar-refractivity contribution >= 4 is 17.6 Å². The van der Waals surface area contributed by atoms with Gasteiger partial charge in [-0.05, 0) is 24.6 Å². The maximum absolute atomic E-state index is 12.6. The SMILES string of the molecule is C#C[C@@H](Cc1ccccc1)OC(=O)c1cccc2c1O[C@@H](C)C(=O)N2.